The number of rotatable bonds is 4. The number of halogens is 2. The lowest BCUT2D eigenvalue weighted by molar-refractivity contribution is 0.0924. The first kappa shape index (κ1) is 17.3. The second kappa shape index (κ2) is 7.27. The smallest absolute Gasteiger partial charge is 0.159 e. The number of thiophene rings is 1. The van der Waals surface area contributed by atoms with Gasteiger partial charge < -0.3 is 5.11 Å². The highest BCUT2D eigenvalue weighted by Gasteiger charge is 2.31. The number of hydrogen-bond acceptors (Lipinski definition) is 3. The van der Waals surface area contributed by atoms with Gasteiger partial charge in [-0.1, -0.05) is 36.4 Å². The van der Waals surface area contributed by atoms with Gasteiger partial charge in [-0.05, 0) is 46.7 Å². The lowest BCUT2D eigenvalue weighted by atomic mass is 9.92. The molecule has 0 bridgehead atoms. The van der Waals surface area contributed by atoms with Gasteiger partial charge in [-0.3, -0.25) is 4.90 Å². The molecule has 0 aliphatic carbocycles. The van der Waals surface area contributed by atoms with Gasteiger partial charge in [-0.15, -0.1) is 11.3 Å². The van der Waals surface area contributed by atoms with E-state index in [4.69, 9.17) is 0 Å². The highest BCUT2D eigenvalue weighted by Crippen LogP contribution is 2.38. The Kier molecular flexibility index (Phi) is 4.85. The van der Waals surface area contributed by atoms with Crippen molar-refractivity contribution in [3.63, 3.8) is 0 Å². The molecule has 26 heavy (non-hydrogen) atoms. The van der Waals surface area contributed by atoms with Gasteiger partial charge in [0.2, 0.25) is 0 Å². The molecule has 0 spiro atoms. The van der Waals surface area contributed by atoms with E-state index in [2.05, 4.69) is 28.5 Å². The van der Waals surface area contributed by atoms with E-state index >= 15 is 0 Å². The van der Waals surface area contributed by atoms with Crippen LogP contribution in [-0.4, -0.2) is 23.1 Å². The summed E-state index contributed by atoms with van der Waals surface area (Å²) in [5, 5.41) is 12.7. The number of benzene rings is 2. The molecule has 2 atom stereocenters. The van der Waals surface area contributed by atoms with Crippen LogP contribution < -0.4 is 0 Å². The third-order valence-electron chi connectivity index (χ3n) is 4.92. The van der Waals surface area contributed by atoms with Crippen LogP contribution in [0.3, 0.4) is 0 Å². The van der Waals surface area contributed by atoms with Crippen LogP contribution in [0.2, 0.25) is 0 Å². The fourth-order valence-electron chi connectivity index (χ4n) is 3.64. The van der Waals surface area contributed by atoms with Crippen molar-refractivity contribution in [2.24, 2.45) is 0 Å². The number of aliphatic hydroxyl groups is 1. The van der Waals surface area contributed by atoms with Crippen LogP contribution in [0.15, 0.2) is 60.0 Å². The molecule has 0 saturated carbocycles. The first-order valence-electron chi connectivity index (χ1n) is 8.62. The third kappa shape index (κ3) is 3.30. The largest absolute Gasteiger partial charge is 0.387 e. The average molecular weight is 371 g/mol. The minimum atomic E-state index is -0.931. The Hall–Kier alpha value is -2.08. The molecule has 0 radical (unpaired) electrons. The van der Waals surface area contributed by atoms with Crippen LogP contribution in [-0.2, 0) is 6.42 Å². The normalized spacial score (nSPS) is 18.5. The molecule has 1 aromatic heterocycles. The maximum Gasteiger partial charge on any atom is 0.159 e. The number of aliphatic hydroxyl groups excluding tert-OH is 1. The lowest BCUT2D eigenvalue weighted by Crippen LogP contribution is -2.38. The Bertz CT molecular complexity index is 896. The van der Waals surface area contributed by atoms with Crippen molar-refractivity contribution in [2.45, 2.75) is 18.6 Å². The minimum Gasteiger partial charge on any atom is -0.387 e. The summed E-state index contributed by atoms with van der Waals surface area (Å²) in [7, 11) is 0. The number of fused-ring (bicyclic) bond motifs is 1. The molecule has 0 unspecified atom stereocenters. The van der Waals surface area contributed by atoms with Crippen molar-refractivity contribution in [1.29, 1.82) is 0 Å². The number of nitrogens with zero attached hydrogens (tertiary/aromatic N) is 1. The molecule has 3 aromatic rings. The molecule has 2 nitrogen and oxygen atoms in total. The summed E-state index contributed by atoms with van der Waals surface area (Å²) < 4.78 is 26.7. The summed E-state index contributed by atoms with van der Waals surface area (Å²) in [4.78, 5) is 3.59. The highest BCUT2D eigenvalue weighted by atomic mass is 32.1. The highest BCUT2D eigenvalue weighted by molar-refractivity contribution is 7.10. The quantitative estimate of drug-likeness (QED) is 0.718. The fourth-order valence-corrected chi connectivity index (χ4v) is 4.54. The Morgan fingerprint density at radius 3 is 2.65 bits per heavy atom. The molecular weight excluding hydrogens is 352 g/mol. The van der Waals surface area contributed by atoms with Crippen molar-refractivity contribution in [2.75, 3.05) is 13.1 Å². The molecule has 0 saturated heterocycles. The van der Waals surface area contributed by atoms with Crippen LogP contribution >= 0.6 is 11.3 Å². The molecule has 2 aromatic carbocycles. The van der Waals surface area contributed by atoms with E-state index in [1.54, 1.807) is 11.3 Å². The maximum absolute atomic E-state index is 13.5. The van der Waals surface area contributed by atoms with E-state index in [-0.39, 0.29) is 6.04 Å². The predicted molar refractivity (Wildman–Crippen MR) is 99.2 cm³/mol. The van der Waals surface area contributed by atoms with Crippen molar-refractivity contribution in [1.82, 2.24) is 4.90 Å². The van der Waals surface area contributed by atoms with E-state index in [9.17, 15) is 13.9 Å². The Morgan fingerprint density at radius 1 is 1.08 bits per heavy atom. The molecule has 134 valence electrons. The van der Waals surface area contributed by atoms with Gasteiger partial charge in [-0.25, -0.2) is 8.78 Å². The average Bonchev–Trinajstić information content (AvgIpc) is 3.13. The summed E-state index contributed by atoms with van der Waals surface area (Å²) in [6.45, 7) is 1.17. The molecule has 1 aliphatic heterocycles. The lowest BCUT2D eigenvalue weighted by Gasteiger charge is -2.37. The second-order valence-electron chi connectivity index (χ2n) is 6.55. The molecule has 2 heterocycles. The standard InChI is InChI=1S/C21H19F2NOS/c22-17-7-6-15(12-18(17)23)19(25)13-24-10-8-20-16(9-11-26-20)21(24)14-4-2-1-3-5-14/h1-7,9,11-12,19,21,25H,8,10,13H2/t19-,21-/m1/s1. The molecule has 0 fully saturated rings. The first-order valence-corrected chi connectivity index (χ1v) is 9.49. The maximum atomic E-state index is 13.5. The van der Waals surface area contributed by atoms with E-state index in [0.717, 1.165) is 25.1 Å². The van der Waals surface area contributed by atoms with Crippen molar-refractivity contribution in [3.05, 3.63) is 93.2 Å². The molecular formula is C21H19F2NOS. The van der Waals surface area contributed by atoms with Gasteiger partial charge in [0.15, 0.2) is 11.6 Å². The van der Waals surface area contributed by atoms with Crippen LogP contribution in [0.5, 0.6) is 0 Å². The second-order valence-corrected chi connectivity index (χ2v) is 7.55. The van der Waals surface area contributed by atoms with Crippen LogP contribution in [0.1, 0.15) is 33.7 Å². The fraction of sp³-hybridized carbons (Fsp3) is 0.238. The summed E-state index contributed by atoms with van der Waals surface area (Å²) in [6.07, 6.45) is 0.0531. The zero-order valence-electron chi connectivity index (χ0n) is 14.1. The Morgan fingerprint density at radius 2 is 1.88 bits per heavy atom. The topological polar surface area (TPSA) is 23.5 Å². The van der Waals surface area contributed by atoms with Crippen LogP contribution in [0.25, 0.3) is 0 Å². The van der Waals surface area contributed by atoms with E-state index < -0.39 is 17.7 Å². The van der Waals surface area contributed by atoms with E-state index in [1.807, 2.05) is 18.2 Å². The van der Waals surface area contributed by atoms with Gasteiger partial charge in [-0.2, -0.15) is 0 Å². The summed E-state index contributed by atoms with van der Waals surface area (Å²) in [6, 6.07) is 16.0. The number of β-amino-alcohol motifs (C(OH)–C–C–N with tert-alkyl or cyclic N) is 1. The minimum absolute atomic E-state index is 0.0612. The Labute approximate surface area is 155 Å². The monoisotopic (exact) mass is 371 g/mol. The van der Waals surface area contributed by atoms with Crippen LogP contribution in [0, 0.1) is 11.6 Å². The van der Waals surface area contributed by atoms with Gasteiger partial charge in [0, 0.05) is 18.0 Å². The Balaban J connectivity index is 1.63. The molecule has 5 heteroatoms. The molecule has 1 aliphatic rings. The predicted octanol–water partition coefficient (Wildman–Crippen LogP) is 4.71. The van der Waals surface area contributed by atoms with Crippen molar-refractivity contribution >= 4 is 11.3 Å². The SMILES string of the molecule is O[C@H](CN1CCc2sccc2[C@H]1c1ccccc1)c1ccc(F)c(F)c1. The molecule has 4 rings (SSSR count). The van der Waals surface area contributed by atoms with Gasteiger partial charge in [0.25, 0.3) is 0 Å². The van der Waals surface area contributed by atoms with Crippen LogP contribution in [0.4, 0.5) is 8.78 Å². The van der Waals surface area contributed by atoms with Crippen molar-refractivity contribution in [3.8, 4) is 0 Å². The zero-order chi connectivity index (χ0) is 18.1. The van der Waals surface area contributed by atoms with Gasteiger partial charge in [0.1, 0.15) is 0 Å². The summed E-state index contributed by atoms with van der Waals surface area (Å²) in [5.74, 6) is -1.83. The molecule has 1 N–H and O–H groups in total. The van der Waals surface area contributed by atoms with Crippen molar-refractivity contribution < 1.29 is 13.9 Å². The zero-order valence-corrected chi connectivity index (χ0v) is 14.9. The number of hydrogen-bond donors (Lipinski definition) is 1. The van der Waals surface area contributed by atoms with E-state index in [0.29, 0.717) is 12.1 Å². The van der Waals surface area contributed by atoms with Gasteiger partial charge >= 0.3 is 0 Å². The third-order valence-corrected chi connectivity index (χ3v) is 5.91. The van der Waals surface area contributed by atoms with Gasteiger partial charge in [0.05, 0.1) is 12.1 Å². The first-order chi connectivity index (χ1) is 12.6. The van der Waals surface area contributed by atoms with E-state index in [1.165, 1.54) is 22.1 Å². The summed E-state index contributed by atoms with van der Waals surface area (Å²) in [5.41, 5.74) is 2.83. The molecule has 0 amide bonds. The summed E-state index contributed by atoms with van der Waals surface area (Å²) >= 11 is 1.76.